The fourth-order valence-electron chi connectivity index (χ4n) is 1.51. The Bertz CT molecular complexity index is 385. The monoisotopic (exact) mass is 301 g/mol. The zero-order chi connectivity index (χ0) is 12.3. The van der Waals surface area contributed by atoms with Crippen LogP contribution in [0.1, 0.15) is 12.8 Å². The molecule has 1 aliphatic carbocycles. The van der Waals surface area contributed by atoms with E-state index in [0.29, 0.717) is 18.4 Å². The molecular weight excluding hydrogens is 286 g/mol. The molecule has 1 aliphatic rings. The van der Waals surface area contributed by atoms with E-state index in [1.807, 2.05) is 0 Å². The van der Waals surface area contributed by atoms with Gasteiger partial charge in [0.25, 0.3) is 0 Å². The van der Waals surface area contributed by atoms with Crippen molar-refractivity contribution >= 4 is 21.9 Å². The fraction of sp³-hybridized carbons (Fsp3) is 0.600. The van der Waals surface area contributed by atoms with Gasteiger partial charge in [0.2, 0.25) is 11.8 Å². The van der Waals surface area contributed by atoms with E-state index in [1.54, 1.807) is 6.20 Å². The summed E-state index contributed by atoms with van der Waals surface area (Å²) in [7, 11) is 2.11. The van der Waals surface area contributed by atoms with E-state index >= 15 is 0 Å². The van der Waals surface area contributed by atoms with Crippen LogP contribution in [0, 0.1) is 0 Å². The van der Waals surface area contributed by atoms with E-state index in [-0.39, 0.29) is 0 Å². The van der Waals surface area contributed by atoms with Gasteiger partial charge in [0.1, 0.15) is 6.61 Å². The second-order valence-electron chi connectivity index (χ2n) is 4.05. The van der Waals surface area contributed by atoms with E-state index in [2.05, 4.69) is 43.3 Å². The average Bonchev–Trinajstić information content (AvgIpc) is 3.15. The van der Waals surface area contributed by atoms with Gasteiger partial charge in [-0.25, -0.2) is 10.8 Å². The van der Waals surface area contributed by atoms with Crippen molar-refractivity contribution in [2.45, 2.75) is 18.9 Å². The molecule has 7 heteroatoms. The molecule has 0 aliphatic heterocycles. The minimum Gasteiger partial charge on any atom is -0.475 e. The summed E-state index contributed by atoms with van der Waals surface area (Å²) in [6, 6.07) is 0.744. The lowest BCUT2D eigenvalue weighted by Gasteiger charge is -2.15. The van der Waals surface area contributed by atoms with E-state index in [0.717, 1.165) is 17.1 Å². The SMILES string of the molecule is CN(CCOc1nc(NN)ncc1Br)C1CC1. The largest absolute Gasteiger partial charge is 0.475 e. The summed E-state index contributed by atoms with van der Waals surface area (Å²) in [5.74, 6) is 6.10. The van der Waals surface area contributed by atoms with Gasteiger partial charge in [-0.3, -0.25) is 5.43 Å². The molecule has 1 fully saturated rings. The van der Waals surface area contributed by atoms with Crippen LogP contribution in [0.25, 0.3) is 0 Å². The third-order valence-electron chi connectivity index (χ3n) is 2.69. The highest BCUT2D eigenvalue weighted by atomic mass is 79.9. The highest BCUT2D eigenvalue weighted by molar-refractivity contribution is 9.10. The maximum Gasteiger partial charge on any atom is 0.240 e. The van der Waals surface area contributed by atoms with Gasteiger partial charge < -0.3 is 9.64 Å². The number of aromatic nitrogens is 2. The zero-order valence-corrected chi connectivity index (χ0v) is 11.3. The topological polar surface area (TPSA) is 76.3 Å². The molecule has 0 saturated heterocycles. The van der Waals surface area contributed by atoms with Gasteiger partial charge in [-0.05, 0) is 35.8 Å². The molecule has 0 bridgehead atoms. The molecule has 6 nitrogen and oxygen atoms in total. The Labute approximate surface area is 109 Å². The molecule has 1 aromatic heterocycles. The van der Waals surface area contributed by atoms with Crippen molar-refractivity contribution in [2.24, 2.45) is 5.84 Å². The predicted octanol–water partition coefficient (Wildman–Crippen LogP) is 0.998. The maximum absolute atomic E-state index is 5.59. The van der Waals surface area contributed by atoms with E-state index in [4.69, 9.17) is 10.6 Å². The number of anilines is 1. The van der Waals surface area contributed by atoms with Crippen LogP contribution in [-0.2, 0) is 0 Å². The third-order valence-corrected chi connectivity index (χ3v) is 3.24. The number of likely N-dealkylation sites (N-methyl/N-ethyl adjacent to an activating group) is 1. The summed E-state index contributed by atoms with van der Waals surface area (Å²) in [5, 5.41) is 0. The molecule has 0 unspecified atom stereocenters. The van der Waals surface area contributed by atoms with Crippen LogP contribution in [-0.4, -0.2) is 41.1 Å². The van der Waals surface area contributed by atoms with Crippen molar-refractivity contribution in [1.82, 2.24) is 14.9 Å². The Morgan fingerprint density at radius 3 is 3.06 bits per heavy atom. The minimum absolute atomic E-state index is 0.346. The van der Waals surface area contributed by atoms with Gasteiger partial charge in [-0.2, -0.15) is 4.98 Å². The third kappa shape index (κ3) is 3.52. The number of hydrogen-bond donors (Lipinski definition) is 2. The lowest BCUT2D eigenvalue weighted by molar-refractivity contribution is 0.225. The predicted molar refractivity (Wildman–Crippen MR) is 68.7 cm³/mol. The first-order valence-corrected chi connectivity index (χ1v) is 6.32. The molecule has 0 spiro atoms. The molecule has 94 valence electrons. The molecule has 2 rings (SSSR count). The van der Waals surface area contributed by atoms with Crippen LogP contribution in [0.2, 0.25) is 0 Å². The molecule has 17 heavy (non-hydrogen) atoms. The van der Waals surface area contributed by atoms with Gasteiger partial charge in [0.05, 0.1) is 10.7 Å². The van der Waals surface area contributed by atoms with Crippen LogP contribution in [0.3, 0.4) is 0 Å². The Balaban J connectivity index is 1.84. The number of hydrogen-bond acceptors (Lipinski definition) is 6. The molecule has 1 aromatic rings. The number of nitrogens with two attached hydrogens (primary N) is 1. The molecule has 0 amide bonds. The highest BCUT2D eigenvalue weighted by Crippen LogP contribution is 2.25. The first-order chi connectivity index (χ1) is 8.20. The van der Waals surface area contributed by atoms with Crippen molar-refractivity contribution in [3.63, 3.8) is 0 Å². The van der Waals surface area contributed by atoms with Crippen LogP contribution < -0.4 is 16.0 Å². The van der Waals surface area contributed by atoms with E-state index in [1.165, 1.54) is 12.8 Å². The Kier molecular flexibility index (Phi) is 4.14. The smallest absolute Gasteiger partial charge is 0.240 e. The molecule has 0 aromatic carbocycles. The Hall–Kier alpha value is -0.920. The van der Waals surface area contributed by atoms with Crippen molar-refractivity contribution in [1.29, 1.82) is 0 Å². The summed E-state index contributed by atoms with van der Waals surface area (Å²) in [6.07, 6.45) is 4.21. The number of halogens is 1. The summed E-state index contributed by atoms with van der Waals surface area (Å²) >= 11 is 3.34. The van der Waals surface area contributed by atoms with Crippen LogP contribution in [0.4, 0.5) is 5.95 Å². The van der Waals surface area contributed by atoms with E-state index < -0.39 is 0 Å². The quantitative estimate of drug-likeness (QED) is 0.603. The Morgan fingerprint density at radius 1 is 1.65 bits per heavy atom. The number of rotatable bonds is 6. The lowest BCUT2D eigenvalue weighted by atomic mass is 10.5. The maximum atomic E-state index is 5.59. The molecule has 0 radical (unpaired) electrons. The van der Waals surface area contributed by atoms with Crippen LogP contribution in [0.15, 0.2) is 10.7 Å². The molecule has 0 atom stereocenters. The van der Waals surface area contributed by atoms with Gasteiger partial charge in [0, 0.05) is 12.6 Å². The molecular formula is C10H16BrN5O. The normalized spacial score (nSPS) is 15.1. The molecule has 1 saturated carbocycles. The van der Waals surface area contributed by atoms with Crippen molar-refractivity contribution in [2.75, 3.05) is 25.6 Å². The molecule has 1 heterocycles. The van der Waals surface area contributed by atoms with Crippen molar-refractivity contribution in [3.8, 4) is 5.88 Å². The van der Waals surface area contributed by atoms with Crippen LogP contribution >= 0.6 is 15.9 Å². The zero-order valence-electron chi connectivity index (χ0n) is 9.69. The number of nitrogen functional groups attached to an aromatic ring is 1. The Morgan fingerprint density at radius 2 is 2.41 bits per heavy atom. The summed E-state index contributed by atoms with van der Waals surface area (Å²) in [4.78, 5) is 10.4. The van der Waals surface area contributed by atoms with E-state index in [9.17, 15) is 0 Å². The average molecular weight is 302 g/mol. The van der Waals surface area contributed by atoms with Crippen molar-refractivity contribution < 1.29 is 4.74 Å². The van der Waals surface area contributed by atoms with Crippen molar-refractivity contribution in [3.05, 3.63) is 10.7 Å². The van der Waals surface area contributed by atoms with Gasteiger partial charge >= 0.3 is 0 Å². The van der Waals surface area contributed by atoms with Gasteiger partial charge in [-0.15, -0.1) is 0 Å². The first kappa shape index (κ1) is 12.5. The number of ether oxygens (including phenoxy) is 1. The fourth-order valence-corrected chi connectivity index (χ4v) is 1.81. The standard InChI is InChI=1S/C10H16BrN5O/c1-16(7-2-3-7)4-5-17-9-8(11)6-13-10(14-9)15-12/h6-7H,2-5,12H2,1H3,(H,13,14,15). The second-order valence-corrected chi connectivity index (χ2v) is 4.91. The number of hydrazine groups is 1. The molecule has 3 N–H and O–H groups in total. The number of nitrogens with zero attached hydrogens (tertiary/aromatic N) is 3. The van der Waals surface area contributed by atoms with Gasteiger partial charge in [0.15, 0.2) is 0 Å². The van der Waals surface area contributed by atoms with Gasteiger partial charge in [-0.1, -0.05) is 0 Å². The summed E-state index contributed by atoms with van der Waals surface area (Å²) in [5.41, 5.74) is 2.39. The second kappa shape index (κ2) is 5.61. The minimum atomic E-state index is 0.346. The first-order valence-electron chi connectivity index (χ1n) is 5.53. The summed E-state index contributed by atoms with van der Waals surface area (Å²) < 4.78 is 6.32. The number of nitrogens with one attached hydrogen (secondary N) is 1. The summed E-state index contributed by atoms with van der Waals surface area (Å²) in [6.45, 7) is 1.50. The lowest BCUT2D eigenvalue weighted by Crippen LogP contribution is -2.26. The van der Waals surface area contributed by atoms with Crippen LogP contribution in [0.5, 0.6) is 5.88 Å². The highest BCUT2D eigenvalue weighted by Gasteiger charge is 2.25.